The molecule has 1 aliphatic carbocycles. The lowest BCUT2D eigenvalue weighted by Crippen LogP contribution is -2.36. The van der Waals surface area contributed by atoms with Crippen LogP contribution < -0.4 is 5.32 Å². The Labute approximate surface area is 133 Å². The molecule has 0 unspecified atom stereocenters. The van der Waals surface area contributed by atoms with Crippen molar-refractivity contribution in [1.29, 1.82) is 0 Å². The smallest absolute Gasteiger partial charge is 0.255 e. The summed E-state index contributed by atoms with van der Waals surface area (Å²) < 4.78 is 2.05. The monoisotopic (exact) mass is 325 g/mol. The van der Waals surface area contributed by atoms with E-state index in [2.05, 4.69) is 26.6 Å². The molecule has 7 heteroatoms. The normalized spacial score (nSPS) is 18.0. The minimum atomic E-state index is 0.313. The highest BCUT2D eigenvalue weighted by Crippen LogP contribution is 2.39. The quantitative estimate of drug-likeness (QED) is 0.871. The lowest BCUT2D eigenvalue weighted by molar-refractivity contribution is 0.411. The molecular formula is C14H20ClN5S. The van der Waals surface area contributed by atoms with Crippen LogP contribution in [0.15, 0.2) is 6.33 Å². The maximum atomic E-state index is 6.20. The van der Waals surface area contributed by atoms with E-state index in [1.807, 2.05) is 18.7 Å². The van der Waals surface area contributed by atoms with Gasteiger partial charge in [0.1, 0.15) is 17.3 Å². The number of fused-ring (bicyclic) bond motifs is 1. The Morgan fingerprint density at radius 3 is 2.86 bits per heavy atom. The number of hydrogen-bond donors (Lipinski definition) is 1. The molecule has 1 N–H and O–H groups in total. The summed E-state index contributed by atoms with van der Waals surface area (Å²) in [6.07, 6.45) is 10.2. The molecule has 2 aromatic heterocycles. The zero-order valence-corrected chi connectivity index (χ0v) is 14.0. The molecule has 1 aliphatic rings. The van der Waals surface area contributed by atoms with Gasteiger partial charge >= 0.3 is 0 Å². The number of rotatable bonds is 4. The average Bonchev–Trinajstić information content (AvgIpc) is 2.96. The van der Waals surface area contributed by atoms with Crippen LogP contribution in [0, 0.1) is 6.92 Å². The Kier molecular flexibility index (Phi) is 4.26. The van der Waals surface area contributed by atoms with Crippen molar-refractivity contribution in [3.63, 3.8) is 0 Å². The van der Waals surface area contributed by atoms with Crippen LogP contribution >= 0.6 is 23.4 Å². The van der Waals surface area contributed by atoms with Gasteiger partial charge in [0, 0.05) is 16.9 Å². The van der Waals surface area contributed by atoms with Gasteiger partial charge in [0.05, 0.1) is 0 Å². The van der Waals surface area contributed by atoms with Crippen molar-refractivity contribution in [2.75, 3.05) is 18.1 Å². The summed E-state index contributed by atoms with van der Waals surface area (Å²) in [6, 6.07) is 0. The minimum absolute atomic E-state index is 0.313. The Morgan fingerprint density at radius 2 is 2.14 bits per heavy atom. The molecule has 5 nitrogen and oxygen atoms in total. The van der Waals surface area contributed by atoms with E-state index in [0.29, 0.717) is 15.7 Å². The van der Waals surface area contributed by atoms with Crippen LogP contribution in [0.25, 0.3) is 5.78 Å². The van der Waals surface area contributed by atoms with Gasteiger partial charge in [0.2, 0.25) is 0 Å². The van der Waals surface area contributed by atoms with Gasteiger partial charge in [-0.3, -0.25) is 0 Å². The van der Waals surface area contributed by atoms with Gasteiger partial charge in [-0.2, -0.15) is 31.3 Å². The van der Waals surface area contributed by atoms with Crippen molar-refractivity contribution >= 4 is 35.0 Å². The number of anilines is 1. The van der Waals surface area contributed by atoms with Crippen molar-refractivity contribution in [3.8, 4) is 0 Å². The molecule has 0 radical (unpaired) electrons. The Morgan fingerprint density at radius 1 is 1.38 bits per heavy atom. The van der Waals surface area contributed by atoms with E-state index < -0.39 is 0 Å². The Hall–Kier alpha value is -1.01. The van der Waals surface area contributed by atoms with E-state index >= 15 is 0 Å². The molecule has 0 saturated heterocycles. The lowest BCUT2D eigenvalue weighted by Gasteiger charge is -2.36. The highest BCUT2D eigenvalue weighted by molar-refractivity contribution is 8.00. The number of hydrogen-bond acceptors (Lipinski definition) is 5. The van der Waals surface area contributed by atoms with Gasteiger partial charge in [-0.05, 0) is 26.0 Å². The molecule has 0 aliphatic heterocycles. The fraction of sp³-hybridized carbons (Fsp3) is 0.643. The molecule has 0 spiro atoms. The third-order valence-corrected chi connectivity index (χ3v) is 6.17. The fourth-order valence-electron chi connectivity index (χ4n) is 3.00. The van der Waals surface area contributed by atoms with E-state index in [0.717, 1.165) is 17.9 Å². The van der Waals surface area contributed by atoms with Crippen LogP contribution in [0.5, 0.6) is 0 Å². The van der Waals surface area contributed by atoms with Crippen LogP contribution in [-0.2, 0) is 0 Å². The van der Waals surface area contributed by atoms with Crippen LogP contribution in [0.3, 0.4) is 0 Å². The molecule has 1 saturated carbocycles. The predicted molar refractivity (Wildman–Crippen MR) is 88.3 cm³/mol. The van der Waals surface area contributed by atoms with E-state index in [4.69, 9.17) is 11.6 Å². The predicted octanol–water partition coefficient (Wildman–Crippen LogP) is 3.56. The van der Waals surface area contributed by atoms with Crippen LogP contribution in [0.2, 0.25) is 5.15 Å². The standard InChI is InChI=1S/C14H20ClN5S/c1-10-11(15)19-13-17-9-18-20(13)12(10)16-8-14(21-2)6-4-3-5-7-14/h9,16H,3-8H2,1-2H3. The number of aromatic nitrogens is 4. The summed E-state index contributed by atoms with van der Waals surface area (Å²) in [4.78, 5) is 8.36. The second-order valence-electron chi connectivity index (χ2n) is 5.65. The van der Waals surface area contributed by atoms with Gasteiger partial charge in [-0.15, -0.1) is 0 Å². The van der Waals surface area contributed by atoms with E-state index in [1.165, 1.54) is 38.4 Å². The molecule has 114 valence electrons. The second-order valence-corrected chi connectivity index (χ2v) is 7.28. The summed E-state index contributed by atoms with van der Waals surface area (Å²) in [5, 5.41) is 8.29. The maximum Gasteiger partial charge on any atom is 0.255 e. The summed E-state index contributed by atoms with van der Waals surface area (Å²) in [5.41, 5.74) is 0.918. The largest absolute Gasteiger partial charge is 0.368 e. The first-order valence-corrected chi connectivity index (χ1v) is 8.90. The first kappa shape index (κ1) is 14.9. The average molecular weight is 326 g/mol. The maximum absolute atomic E-state index is 6.20. The summed E-state index contributed by atoms with van der Waals surface area (Å²) >= 11 is 8.18. The summed E-state index contributed by atoms with van der Waals surface area (Å²) in [5.74, 6) is 1.44. The molecule has 3 rings (SSSR count). The van der Waals surface area contributed by atoms with E-state index in [1.54, 1.807) is 4.52 Å². The van der Waals surface area contributed by atoms with Crippen molar-refractivity contribution in [2.45, 2.75) is 43.8 Å². The number of thioether (sulfide) groups is 1. The fourth-order valence-corrected chi connectivity index (χ4v) is 4.08. The lowest BCUT2D eigenvalue weighted by atomic mass is 9.88. The zero-order chi connectivity index (χ0) is 14.9. The minimum Gasteiger partial charge on any atom is -0.368 e. The SMILES string of the molecule is CSC1(CNc2c(C)c(Cl)nc3ncnn23)CCCCC1. The third kappa shape index (κ3) is 2.83. The molecule has 0 amide bonds. The first-order valence-electron chi connectivity index (χ1n) is 7.30. The molecule has 21 heavy (non-hydrogen) atoms. The number of halogens is 1. The van der Waals surface area contributed by atoms with Gasteiger partial charge < -0.3 is 5.32 Å². The van der Waals surface area contributed by atoms with Gasteiger partial charge in [-0.1, -0.05) is 30.9 Å². The molecule has 0 bridgehead atoms. The van der Waals surface area contributed by atoms with E-state index in [9.17, 15) is 0 Å². The molecule has 1 fully saturated rings. The van der Waals surface area contributed by atoms with E-state index in [-0.39, 0.29) is 0 Å². The summed E-state index contributed by atoms with van der Waals surface area (Å²) in [6.45, 7) is 2.88. The highest BCUT2D eigenvalue weighted by atomic mass is 35.5. The molecule has 2 aromatic rings. The van der Waals surface area contributed by atoms with Gasteiger partial charge in [0.15, 0.2) is 0 Å². The van der Waals surface area contributed by atoms with Crippen LogP contribution in [0.4, 0.5) is 5.82 Å². The van der Waals surface area contributed by atoms with Gasteiger partial charge in [0.25, 0.3) is 5.78 Å². The first-order chi connectivity index (χ1) is 10.2. The molecule has 2 heterocycles. The van der Waals surface area contributed by atoms with Crippen LogP contribution in [-0.4, -0.2) is 37.1 Å². The van der Waals surface area contributed by atoms with Crippen molar-refractivity contribution in [2.24, 2.45) is 0 Å². The Bertz CT molecular complexity index is 636. The van der Waals surface area contributed by atoms with Crippen molar-refractivity contribution < 1.29 is 0 Å². The highest BCUT2D eigenvalue weighted by Gasteiger charge is 2.31. The Balaban J connectivity index is 1.87. The number of nitrogens with one attached hydrogen (secondary N) is 1. The molecule has 0 atom stereocenters. The second kappa shape index (κ2) is 6.01. The number of nitrogens with zero attached hydrogens (tertiary/aromatic N) is 4. The topological polar surface area (TPSA) is 55.1 Å². The van der Waals surface area contributed by atoms with Gasteiger partial charge in [-0.25, -0.2) is 0 Å². The molecule has 0 aromatic carbocycles. The third-order valence-electron chi connectivity index (χ3n) is 4.38. The van der Waals surface area contributed by atoms with Crippen LogP contribution in [0.1, 0.15) is 37.7 Å². The van der Waals surface area contributed by atoms with Crippen molar-refractivity contribution in [1.82, 2.24) is 19.6 Å². The summed E-state index contributed by atoms with van der Waals surface area (Å²) in [7, 11) is 0. The van der Waals surface area contributed by atoms with Crippen molar-refractivity contribution in [3.05, 3.63) is 17.0 Å². The zero-order valence-electron chi connectivity index (χ0n) is 12.4. The molecular weight excluding hydrogens is 306 g/mol.